The van der Waals surface area contributed by atoms with Crippen molar-refractivity contribution >= 4 is 5.97 Å². The fourth-order valence-corrected chi connectivity index (χ4v) is 2.20. The summed E-state index contributed by atoms with van der Waals surface area (Å²) >= 11 is 0. The molecule has 0 N–H and O–H groups in total. The highest BCUT2D eigenvalue weighted by molar-refractivity contribution is 5.77. The molecule has 0 saturated carbocycles. The minimum absolute atomic E-state index is 0.402. The molecule has 5 nitrogen and oxygen atoms in total. The quantitative estimate of drug-likeness (QED) is 0.544. The van der Waals surface area contributed by atoms with Crippen LogP contribution < -0.4 is 4.74 Å². The number of hydrogen-bond donors (Lipinski definition) is 0. The summed E-state index contributed by atoms with van der Waals surface area (Å²) in [5.74, 6) is 0.742. The van der Waals surface area contributed by atoms with Gasteiger partial charge < -0.3 is 9.47 Å². The van der Waals surface area contributed by atoms with Crippen LogP contribution in [0.1, 0.15) is 39.2 Å². The second kappa shape index (κ2) is 9.13. The summed E-state index contributed by atoms with van der Waals surface area (Å²) in [6, 6.07) is 7.16. The molecule has 1 aromatic heterocycles. The molecular weight excluding hydrogens is 304 g/mol. The molecule has 1 aromatic carbocycles. The van der Waals surface area contributed by atoms with Gasteiger partial charge in [-0.15, -0.1) is 0 Å². The lowest BCUT2D eigenvalue weighted by Gasteiger charge is -2.11. The first-order chi connectivity index (χ1) is 11.6. The molecule has 2 aromatic rings. The van der Waals surface area contributed by atoms with Crippen molar-refractivity contribution < 1.29 is 14.3 Å². The summed E-state index contributed by atoms with van der Waals surface area (Å²) in [5, 5.41) is 0. The van der Waals surface area contributed by atoms with Crippen molar-refractivity contribution in [1.82, 2.24) is 9.97 Å². The normalized spacial score (nSPS) is 12.0. The van der Waals surface area contributed by atoms with Crippen molar-refractivity contribution in [2.24, 2.45) is 0 Å². The van der Waals surface area contributed by atoms with E-state index in [1.54, 1.807) is 19.1 Å². The Bertz CT molecular complexity index is 639. The smallest absolute Gasteiger partial charge is 0.340 e. The number of hydrogen-bond acceptors (Lipinski definition) is 5. The van der Waals surface area contributed by atoms with Crippen LogP contribution in [0.4, 0.5) is 0 Å². The Morgan fingerprint density at radius 2 is 1.79 bits per heavy atom. The third kappa shape index (κ3) is 5.13. The van der Waals surface area contributed by atoms with Gasteiger partial charge in [0.15, 0.2) is 11.9 Å². The predicted molar refractivity (Wildman–Crippen MR) is 92.8 cm³/mol. The van der Waals surface area contributed by atoms with Crippen LogP contribution in [-0.4, -0.2) is 28.6 Å². The van der Waals surface area contributed by atoms with Crippen molar-refractivity contribution in [3.63, 3.8) is 0 Å². The molecule has 0 bridgehead atoms. The molecular formula is C19H24N2O3. The zero-order valence-electron chi connectivity index (χ0n) is 14.5. The number of nitrogens with zero attached hydrogens (tertiary/aromatic N) is 2. The lowest BCUT2D eigenvalue weighted by atomic mass is 10.1. The van der Waals surface area contributed by atoms with Gasteiger partial charge in [0.25, 0.3) is 0 Å². The van der Waals surface area contributed by atoms with Crippen LogP contribution in [-0.2, 0) is 16.0 Å². The van der Waals surface area contributed by atoms with Crippen molar-refractivity contribution in [1.29, 1.82) is 0 Å². The third-order valence-corrected chi connectivity index (χ3v) is 3.60. The zero-order valence-corrected chi connectivity index (χ0v) is 14.5. The van der Waals surface area contributed by atoms with Crippen LogP contribution in [0.2, 0.25) is 0 Å². The van der Waals surface area contributed by atoms with Gasteiger partial charge in [0.05, 0.1) is 0 Å². The molecule has 0 aliphatic rings. The van der Waals surface area contributed by atoms with Gasteiger partial charge in [0, 0.05) is 24.6 Å². The van der Waals surface area contributed by atoms with Gasteiger partial charge in [-0.3, -0.25) is 0 Å². The highest BCUT2D eigenvalue weighted by Crippen LogP contribution is 2.20. The first kappa shape index (κ1) is 18.1. The van der Waals surface area contributed by atoms with Gasteiger partial charge in [-0.1, -0.05) is 13.3 Å². The van der Waals surface area contributed by atoms with Crippen molar-refractivity contribution in [2.75, 3.05) is 6.61 Å². The van der Waals surface area contributed by atoms with E-state index < -0.39 is 12.1 Å². The molecule has 1 heterocycles. The number of carbonyl (C=O) groups excluding carboxylic acids is 1. The summed E-state index contributed by atoms with van der Waals surface area (Å²) in [6.07, 6.45) is 6.47. The molecule has 5 heteroatoms. The van der Waals surface area contributed by atoms with Gasteiger partial charge in [-0.2, -0.15) is 0 Å². The highest BCUT2D eigenvalue weighted by Gasteiger charge is 2.15. The van der Waals surface area contributed by atoms with Crippen molar-refractivity contribution in [2.45, 2.75) is 46.1 Å². The van der Waals surface area contributed by atoms with E-state index >= 15 is 0 Å². The summed E-state index contributed by atoms with van der Waals surface area (Å²) in [7, 11) is 0. The molecule has 128 valence electrons. The Kier molecular flexibility index (Phi) is 6.88. The fourth-order valence-electron chi connectivity index (χ4n) is 2.20. The lowest BCUT2D eigenvalue weighted by Crippen LogP contribution is -2.25. The van der Waals surface area contributed by atoms with Crippen molar-refractivity contribution in [3.8, 4) is 17.1 Å². The highest BCUT2D eigenvalue weighted by atomic mass is 16.6. The predicted octanol–water partition coefficient (Wildman–Crippen LogP) is 3.82. The van der Waals surface area contributed by atoms with E-state index in [0.29, 0.717) is 18.2 Å². The monoisotopic (exact) mass is 328 g/mol. The number of esters is 1. The summed E-state index contributed by atoms with van der Waals surface area (Å²) in [6.45, 7) is 6.15. The number of unbranched alkanes of at least 4 members (excludes halogenated alkanes) is 1. The summed E-state index contributed by atoms with van der Waals surface area (Å²) in [4.78, 5) is 20.6. The lowest BCUT2D eigenvalue weighted by molar-refractivity contribution is -0.145. The molecule has 1 unspecified atom stereocenters. The number of benzene rings is 1. The van der Waals surface area contributed by atoms with Crippen LogP contribution in [0, 0.1) is 0 Å². The maximum absolute atomic E-state index is 11.8. The maximum atomic E-state index is 11.8. The average Bonchev–Trinajstić information content (AvgIpc) is 2.61. The zero-order chi connectivity index (χ0) is 17.4. The average molecular weight is 328 g/mol. The molecule has 2 rings (SSSR count). The number of aromatic nitrogens is 2. The van der Waals surface area contributed by atoms with Gasteiger partial charge in [0.1, 0.15) is 5.75 Å². The minimum Gasteiger partial charge on any atom is -0.425 e. The Labute approximate surface area is 143 Å². The Morgan fingerprint density at radius 3 is 2.38 bits per heavy atom. The Balaban J connectivity index is 1.99. The Morgan fingerprint density at radius 1 is 1.12 bits per heavy atom. The number of carbonyl (C=O) groups is 1. The van der Waals surface area contributed by atoms with E-state index in [-0.39, 0.29) is 0 Å². The molecule has 1 atom stereocenters. The van der Waals surface area contributed by atoms with Crippen LogP contribution in [0.15, 0.2) is 36.7 Å². The molecule has 0 saturated heterocycles. The second-order valence-electron chi connectivity index (χ2n) is 5.56. The van der Waals surface area contributed by atoms with Gasteiger partial charge in [-0.05, 0) is 56.5 Å². The van der Waals surface area contributed by atoms with E-state index in [1.807, 2.05) is 31.5 Å². The SMILES string of the molecule is CCCCc1cnc(-c2ccc(OC(=O)C(C)OCC)cc2)nc1. The molecule has 0 fully saturated rings. The Hall–Kier alpha value is -2.27. The van der Waals surface area contributed by atoms with Crippen LogP contribution in [0.25, 0.3) is 11.4 Å². The van der Waals surface area contributed by atoms with E-state index in [9.17, 15) is 4.79 Å². The van der Waals surface area contributed by atoms with Crippen molar-refractivity contribution in [3.05, 3.63) is 42.2 Å². The molecule has 24 heavy (non-hydrogen) atoms. The molecule has 0 spiro atoms. The van der Waals surface area contributed by atoms with E-state index in [1.165, 1.54) is 0 Å². The van der Waals surface area contributed by atoms with E-state index in [0.717, 1.165) is 30.4 Å². The first-order valence-corrected chi connectivity index (χ1v) is 8.38. The maximum Gasteiger partial charge on any atom is 0.340 e. The number of rotatable bonds is 8. The number of ether oxygens (including phenoxy) is 2. The minimum atomic E-state index is -0.575. The van der Waals surface area contributed by atoms with Gasteiger partial charge in [0.2, 0.25) is 0 Å². The molecule has 0 amide bonds. The fraction of sp³-hybridized carbons (Fsp3) is 0.421. The molecule has 0 aliphatic heterocycles. The summed E-state index contributed by atoms with van der Waals surface area (Å²) in [5.41, 5.74) is 2.03. The third-order valence-electron chi connectivity index (χ3n) is 3.60. The van der Waals surface area contributed by atoms with E-state index in [2.05, 4.69) is 16.9 Å². The van der Waals surface area contributed by atoms with Crippen LogP contribution >= 0.6 is 0 Å². The molecule has 0 aliphatic carbocycles. The number of aryl methyl sites for hydroxylation is 1. The first-order valence-electron chi connectivity index (χ1n) is 8.38. The largest absolute Gasteiger partial charge is 0.425 e. The second-order valence-corrected chi connectivity index (χ2v) is 5.56. The van der Waals surface area contributed by atoms with Gasteiger partial charge >= 0.3 is 5.97 Å². The van der Waals surface area contributed by atoms with Crippen LogP contribution in [0.5, 0.6) is 5.75 Å². The topological polar surface area (TPSA) is 61.3 Å². The molecule has 0 radical (unpaired) electrons. The van der Waals surface area contributed by atoms with Crippen LogP contribution in [0.3, 0.4) is 0 Å². The summed E-state index contributed by atoms with van der Waals surface area (Å²) < 4.78 is 10.5. The van der Waals surface area contributed by atoms with Gasteiger partial charge in [-0.25, -0.2) is 14.8 Å². The van der Waals surface area contributed by atoms with E-state index in [4.69, 9.17) is 9.47 Å². The standard InChI is InChI=1S/C19H24N2O3/c1-4-6-7-15-12-20-18(21-13-15)16-8-10-17(11-9-16)24-19(22)14(3)23-5-2/h8-14H,4-7H2,1-3H3.